The fourth-order valence-electron chi connectivity index (χ4n) is 2.73. The molecule has 1 saturated carbocycles. The first-order valence-electron chi connectivity index (χ1n) is 7.54. The molecule has 3 nitrogen and oxygen atoms in total. The van der Waals surface area contributed by atoms with E-state index in [1.807, 2.05) is 0 Å². The van der Waals surface area contributed by atoms with Gasteiger partial charge in [0.15, 0.2) is 0 Å². The SMILES string of the molecule is FC(F)(F)c1ccc(N2CCC(CNC3CC3)CC2)nc1. The summed E-state index contributed by atoms with van der Waals surface area (Å²) in [6.45, 7) is 2.81. The molecule has 116 valence electrons. The molecule has 1 aromatic heterocycles. The van der Waals surface area contributed by atoms with E-state index < -0.39 is 11.7 Å². The Morgan fingerprint density at radius 1 is 1.14 bits per heavy atom. The molecule has 0 atom stereocenters. The topological polar surface area (TPSA) is 28.2 Å². The van der Waals surface area contributed by atoms with Gasteiger partial charge in [-0.15, -0.1) is 0 Å². The highest BCUT2D eigenvalue weighted by Gasteiger charge is 2.31. The van der Waals surface area contributed by atoms with Crippen molar-refractivity contribution >= 4 is 5.82 Å². The third-order valence-electron chi connectivity index (χ3n) is 4.29. The van der Waals surface area contributed by atoms with Crippen LogP contribution in [0.1, 0.15) is 31.2 Å². The van der Waals surface area contributed by atoms with E-state index in [1.54, 1.807) is 0 Å². The molecule has 21 heavy (non-hydrogen) atoms. The number of halogens is 3. The predicted molar refractivity (Wildman–Crippen MR) is 75.2 cm³/mol. The monoisotopic (exact) mass is 299 g/mol. The van der Waals surface area contributed by atoms with Crippen LogP contribution < -0.4 is 10.2 Å². The standard InChI is InChI=1S/C15H20F3N3/c16-15(17,18)12-1-4-14(20-10-12)21-7-5-11(6-8-21)9-19-13-2-3-13/h1,4,10-11,13,19H,2-3,5-9H2. The van der Waals surface area contributed by atoms with Crippen LogP contribution in [-0.2, 0) is 6.18 Å². The van der Waals surface area contributed by atoms with Crippen molar-refractivity contribution in [3.63, 3.8) is 0 Å². The molecule has 0 radical (unpaired) electrons. The molecule has 0 amide bonds. The smallest absolute Gasteiger partial charge is 0.357 e. The second-order valence-corrected chi connectivity index (χ2v) is 6.02. The van der Waals surface area contributed by atoms with Crippen molar-refractivity contribution in [3.05, 3.63) is 23.9 Å². The van der Waals surface area contributed by atoms with Crippen molar-refractivity contribution in [3.8, 4) is 0 Å². The van der Waals surface area contributed by atoms with Crippen molar-refractivity contribution in [2.45, 2.75) is 37.9 Å². The molecule has 2 heterocycles. The Morgan fingerprint density at radius 2 is 1.86 bits per heavy atom. The van der Waals surface area contributed by atoms with Crippen LogP contribution in [0, 0.1) is 5.92 Å². The van der Waals surface area contributed by atoms with Crippen LogP contribution in [0.15, 0.2) is 18.3 Å². The van der Waals surface area contributed by atoms with E-state index in [1.165, 1.54) is 18.9 Å². The van der Waals surface area contributed by atoms with Gasteiger partial charge in [0.05, 0.1) is 5.56 Å². The Morgan fingerprint density at radius 3 is 2.38 bits per heavy atom. The van der Waals surface area contributed by atoms with Gasteiger partial charge in [-0.05, 0) is 50.3 Å². The highest BCUT2D eigenvalue weighted by Crippen LogP contribution is 2.30. The lowest BCUT2D eigenvalue weighted by atomic mass is 9.96. The summed E-state index contributed by atoms with van der Waals surface area (Å²) in [5, 5.41) is 3.55. The van der Waals surface area contributed by atoms with Gasteiger partial charge >= 0.3 is 6.18 Å². The van der Waals surface area contributed by atoms with Crippen molar-refractivity contribution in [1.29, 1.82) is 0 Å². The molecule has 1 N–H and O–H groups in total. The number of rotatable bonds is 4. The van der Waals surface area contributed by atoms with Crippen LogP contribution in [0.4, 0.5) is 19.0 Å². The van der Waals surface area contributed by atoms with Gasteiger partial charge in [-0.25, -0.2) is 4.98 Å². The molecule has 1 aromatic rings. The van der Waals surface area contributed by atoms with Crippen molar-refractivity contribution in [2.24, 2.45) is 5.92 Å². The molecule has 2 fully saturated rings. The predicted octanol–water partition coefficient (Wildman–Crippen LogP) is 3.07. The zero-order chi connectivity index (χ0) is 14.9. The van der Waals surface area contributed by atoms with Gasteiger partial charge in [0.25, 0.3) is 0 Å². The molecule has 6 heteroatoms. The third-order valence-corrected chi connectivity index (χ3v) is 4.29. The largest absolute Gasteiger partial charge is 0.417 e. The summed E-state index contributed by atoms with van der Waals surface area (Å²) in [5.41, 5.74) is -0.685. The van der Waals surface area contributed by atoms with E-state index in [-0.39, 0.29) is 0 Å². The summed E-state index contributed by atoms with van der Waals surface area (Å²) in [6.07, 6.45) is 1.36. The van der Waals surface area contributed by atoms with Gasteiger partial charge < -0.3 is 10.2 Å². The number of hydrogen-bond acceptors (Lipinski definition) is 3. The molecule has 1 aliphatic heterocycles. The number of anilines is 1. The van der Waals surface area contributed by atoms with Crippen LogP contribution in [0.3, 0.4) is 0 Å². The number of aromatic nitrogens is 1. The lowest BCUT2D eigenvalue weighted by Gasteiger charge is -2.33. The lowest BCUT2D eigenvalue weighted by Crippen LogP contribution is -2.38. The normalized spacial score (nSPS) is 20.8. The maximum atomic E-state index is 12.5. The third kappa shape index (κ3) is 3.87. The lowest BCUT2D eigenvalue weighted by molar-refractivity contribution is -0.137. The minimum Gasteiger partial charge on any atom is -0.357 e. The minimum atomic E-state index is -4.31. The number of pyridine rings is 1. The average molecular weight is 299 g/mol. The van der Waals surface area contributed by atoms with Gasteiger partial charge in [-0.3, -0.25) is 0 Å². The van der Waals surface area contributed by atoms with Crippen LogP contribution in [0.5, 0.6) is 0 Å². The Kier molecular flexibility index (Phi) is 4.06. The van der Waals surface area contributed by atoms with E-state index in [2.05, 4.69) is 15.2 Å². The van der Waals surface area contributed by atoms with Crippen LogP contribution in [-0.4, -0.2) is 30.7 Å². The number of nitrogens with zero attached hydrogens (tertiary/aromatic N) is 2. The summed E-state index contributed by atoms with van der Waals surface area (Å²) in [6, 6.07) is 3.33. The number of alkyl halides is 3. The molecule has 1 aliphatic carbocycles. The molecule has 3 rings (SSSR count). The molecular weight excluding hydrogens is 279 g/mol. The van der Waals surface area contributed by atoms with Crippen molar-refractivity contribution in [1.82, 2.24) is 10.3 Å². The quantitative estimate of drug-likeness (QED) is 0.926. The minimum absolute atomic E-state index is 0.650. The molecule has 0 unspecified atom stereocenters. The fraction of sp³-hybridized carbons (Fsp3) is 0.667. The van der Waals surface area contributed by atoms with Crippen LogP contribution in [0.25, 0.3) is 0 Å². The van der Waals surface area contributed by atoms with E-state index in [0.717, 1.165) is 50.8 Å². The van der Waals surface area contributed by atoms with Gasteiger partial charge in [0.2, 0.25) is 0 Å². The average Bonchev–Trinajstić information content (AvgIpc) is 3.29. The van der Waals surface area contributed by atoms with Gasteiger partial charge in [0, 0.05) is 25.3 Å². The number of piperidine rings is 1. The maximum absolute atomic E-state index is 12.5. The van der Waals surface area contributed by atoms with E-state index >= 15 is 0 Å². The zero-order valence-electron chi connectivity index (χ0n) is 11.9. The first-order chi connectivity index (χ1) is 10.0. The van der Waals surface area contributed by atoms with Crippen molar-refractivity contribution < 1.29 is 13.2 Å². The highest BCUT2D eigenvalue weighted by molar-refractivity contribution is 5.40. The van der Waals surface area contributed by atoms with Crippen LogP contribution >= 0.6 is 0 Å². The Labute approximate surface area is 122 Å². The number of hydrogen-bond donors (Lipinski definition) is 1. The Hall–Kier alpha value is -1.30. The van der Waals surface area contributed by atoms with E-state index in [9.17, 15) is 13.2 Å². The summed E-state index contributed by atoms with van der Waals surface area (Å²) < 4.78 is 37.5. The summed E-state index contributed by atoms with van der Waals surface area (Å²) >= 11 is 0. The summed E-state index contributed by atoms with van der Waals surface area (Å²) in [7, 11) is 0. The molecule has 0 aromatic carbocycles. The maximum Gasteiger partial charge on any atom is 0.417 e. The van der Waals surface area contributed by atoms with Crippen molar-refractivity contribution in [2.75, 3.05) is 24.5 Å². The fourth-order valence-corrected chi connectivity index (χ4v) is 2.73. The molecule has 0 bridgehead atoms. The Balaban J connectivity index is 1.51. The van der Waals surface area contributed by atoms with Gasteiger partial charge in [0.1, 0.15) is 5.82 Å². The van der Waals surface area contributed by atoms with Gasteiger partial charge in [-0.2, -0.15) is 13.2 Å². The summed E-state index contributed by atoms with van der Waals surface area (Å²) in [4.78, 5) is 6.05. The zero-order valence-corrected chi connectivity index (χ0v) is 11.9. The molecule has 2 aliphatic rings. The second kappa shape index (κ2) is 5.83. The number of nitrogens with one attached hydrogen (secondary N) is 1. The summed E-state index contributed by atoms with van der Waals surface area (Å²) in [5.74, 6) is 1.33. The second-order valence-electron chi connectivity index (χ2n) is 6.02. The molecule has 1 saturated heterocycles. The first kappa shape index (κ1) is 14.6. The van der Waals surface area contributed by atoms with E-state index in [4.69, 9.17) is 0 Å². The Bertz CT molecular complexity index is 460. The molecular formula is C15H20F3N3. The molecule has 0 spiro atoms. The highest BCUT2D eigenvalue weighted by atomic mass is 19.4. The first-order valence-corrected chi connectivity index (χ1v) is 7.54. The van der Waals surface area contributed by atoms with E-state index in [0.29, 0.717) is 11.7 Å². The van der Waals surface area contributed by atoms with Crippen LogP contribution in [0.2, 0.25) is 0 Å². The van der Waals surface area contributed by atoms with Gasteiger partial charge in [-0.1, -0.05) is 0 Å².